The SMILES string of the molecule is Cc1nn(-c2cccc(C(=O)N(C)c3ccc4c(c3)OCCN4)c2)c(C)c1Cl. The summed E-state index contributed by atoms with van der Waals surface area (Å²) in [5.74, 6) is 0.646. The number of amides is 1. The van der Waals surface area contributed by atoms with Crippen LogP contribution in [-0.4, -0.2) is 35.9 Å². The molecule has 0 atom stereocenters. The third-order valence-corrected chi connectivity index (χ3v) is 5.42. The fourth-order valence-electron chi connectivity index (χ4n) is 3.29. The molecule has 1 aliphatic rings. The molecule has 7 heteroatoms. The summed E-state index contributed by atoms with van der Waals surface area (Å²) in [6, 6.07) is 13.1. The van der Waals surface area contributed by atoms with Crippen molar-refractivity contribution in [1.82, 2.24) is 9.78 Å². The molecule has 0 spiro atoms. The summed E-state index contributed by atoms with van der Waals surface area (Å²) >= 11 is 6.26. The predicted molar refractivity (Wildman–Crippen MR) is 111 cm³/mol. The Morgan fingerprint density at radius 2 is 2.07 bits per heavy atom. The summed E-state index contributed by atoms with van der Waals surface area (Å²) in [6.45, 7) is 5.16. The molecule has 1 amide bonds. The van der Waals surface area contributed by atoms with Crippen LogP contribution in [0.2, 0.25) is 5.02 Å². The second kappa shape index (κ2) is 7.20. The zero-order chi connectivity index (χ0) is 19.8. The first kappa shape index (κ1) is 18.4. The molecular formula is C21H21ClN4O2. The number of nitrogens with zero attached hydrogens (tertiary/aromatic N) is 3. The minimum atomic E-state index is -0.113. The van der Waals surface area contributed by atoms with E-state index in [4.69, 9.17) is 16.3 Å². The quantitative estimate of drug-likeness (QED) is 0.720. The molecule has 0 fully saturated rings. The van der Waals surface area contributed by atoms with Crippen molar-refractivity contribution in [2.24, 2.45) is 0 Å². The summed E-state index contributed by atoms with van der Waals surface area (Å²) in [7, 11) is 1.76. The fourth-order valence-corrected chi connectivity index (χ4v) is 3.41. The van der Waals surface area contributed by atoms with E-state index in [0.717, 1.165) is 40.7 Å². The number of anilines is 2. The Kier molecular flexibility index (Phi) is 4.73. The lowest BCUT2D eigenvalue weighted by Gasteiger charge is -2.23. The predicted octanol–water partition coefficient (Wildman–Crippen LogP) is 4.22. The lowest BCUT2D eigenvalue weighted by atomic mass is 10.1. The molecule has 144 valence electrons. The smallest absolute Gasteiger partial charge is 0.258 e. The highest BCUT2D eigenvalue weighted by Crippen LogP contribution is 2.32. The van der Waals surface area contributed by atoms with Gasteiger partial charge in [0.05, 0.1) is 27.8 Å². The molecule has 0 bridgehead atoms. The van der Waals surface area contributed by atoms with Gasteiger partial charge in [-0.2, -0.15) is 5.10 Å². The van der Waals surface area contributed by atoms with Gasteiger partial charge in [-0.25, -0.2) is 4.68 Å². The Hall–Kier alpha value is -2.99. The molecule has 2 heterocycles. The first-order chi connectivity index (χ1) is 13.5. The van der Waals surface area contributed by atoms with Crippen LogP contribution in [0.4, 0.5) is 11.4 Å². The van der Waals surface area contributed by atoms with Gasteiger partial charge in [0.1, 0.15) is 12.4 Å². The lowest BCUT2D eigenvalue weighted by molar-refractivity contribution is 0.0993. The molecule has 0 radical (unpaired) electrons. The summed E-state index contributed by atoms with van der Waals surface area (Å²) in [5, 5.41) is 8.38. The van der Waals surface area contributed by atoms with Gasteiger partial charge in [0.15, 0.2) is 0 Å². The van der Waals surface area contributed by atoms with Gasteiger partial charge in [0, 0.05) is 30.9 Å². The Bertz CT molecular complexity index is 1060. The van der Waals surface area contributed by atoms with Crippen LogP contribution >= 0.6 is 11.6 Å². The third-order valence-electron chi connectivity index (χ3n) is 4.87. The monoisotopic (exact) mass is 396 g/mol. The number of carbonyl (C=O) groups excluding carboxylic acids is 1. The Balaban J connectivity index is 1.64. The Morgan fingerprint density at radius 3 is 2.82 bits per heavy atom. The largest absolute Gasteiger partial charge is 0.490 e. The highest BCUT2D eigenvalue weighted by Gasteiger charge is 2.18. The van der Waals surface area contributed by atoms with Gasteiger partial charge < -0.3 is 15.0 Å². The van der Waals surface area contributed by atoms with Crippen molar-refractivity contribution in [3.05, 3.63) is 64.4 Å². The zero-order valence-corrected chi connectivity index (χ0v) is 16.7. The highest BCUT2D eigenvalue weighted by molar-refractivity contribution is 6.31. The molecular weight excluding hydrogens is 376 g/mol. The number of aryl methyl sites for hydroxylation is 1. The number of carbonyl (C=O) groups is 1. The fraction of sp³-hybridized carbons (Fsp3) is 0.238. The number of aromatic nitrogens is 2. The van der Waals surface area contributed by atoms with Crippen LogP contribution in [0.15, 0.2) is 42.5 Å². The molecule has 0 unspecified atom stereocenters. The Labute approximate surface area is 168 Å². The normalized spacial score (nSPS) is 12.7. The van der Waals surface area contributed by atoms with E-state index in [1.54, 1.807) is 22.7 Å². The van der Waals surface area contributed by atoms with Crippen molar-refractivity contribution in [2.45, 2.75) is 13.8 Å². The van der Waals surface area contributed by atoms with Crippen LogP contribution in [0, 0.1) is 13.8 Å². The highest BCUT2D eigenvalue weighted by atomic mass is 35.5. The van der Waals surface area contributed by atoms with Crippen molar-refractivity contribution < 1.29 is 9.53 Å². The van der Waals surface area contributed by atoms with E-state index >= 15 is 0 Å². The molecule has 4 rings (SSSR count). The van der Waals surface area contributed by atoms with Crippen LogP contribution in [-0.2, 0) is 0 Å². The van der Waals surface area contributed by atoms with Gasteiger partial charge >= 0.3 is 0 Å². The maximum atomic E-state index is 13.1. The van der Waals surface area contributed by atoms with Gasteiger partial charge in [-0.1, -0.05) is 17.7 Å². The van der Waals surface area contributed by atoms with E-state index in [1.807, 2.05) is 50.2 Å². The van der Waals surface area contributed by atoms with Crippen LogP contribution in [0.3, 0.4) is 0 Å². The number of ether oxygens (including phenoxy) is 1. The Morgan fingerprint density at radius 1 is 1.25 bits per heavy atom. The molecule has 1 N–H and O–H groups in total. The van der Waals surface area contributed by atoms with E-state index in [0.29, 0.717) is 17.2 Å². The summed E-state index contributed by atoms with van der Waals surface area (Å²) < 4.78 is 7.44. The zero-order valence-electron chi connectivity index (χ0n) is 16.0. The molecule has 0 saturated heterocycles. The van der Waals surface area contributed by atoms with Crippen LogP contribution in [0.5, 0.6) is 5.75 Å². The summed E-state index contributed by atoms with van der Waals surface area (Å²) in [6.07, 6.45) is 0. The first-order valence-electron chi connectivity index (χ1n) is 9.06. The molecule has 0 saturated carbocycles. The number of fused-ring (bicyclic) bond motifs is 1. The van der Waals surface area contributed by atoms with Crippen LogP contribution in [0.1, 0.15) is 21.7 Å². The van der Waals surface area contributed by atoms with Crippen LogP contribution in [0.25, 0.3) is 5.69 Å². The van der Waals surface area contributed by atoms with E-state index < -0.39 is 0 Å². The number of hydrogen-bond donors (Lipinski definition) is 1. The standard InChI is InChI=1S/C21H21ClN4O2/c1-13-20(22)14(2)26(24-13)17-6-4-5-15(11-17)21(27)25(3)16-7-8-18-19(12-16)28-10-9-23-18/h4-8,11-12,23H,9-10H2,1-3H3. The number of hydrogen-bond acceptors (Lipinski definition) is 4. The van der Waals surface area contributed by atoms with Gasteiger partial charge in [-0.3, -0.25) is 4.79 Å². The first-order valence-corrected chi connectivity index (χ1v) is 9.44. The van der Waals surface area contributed by atoms with E-state index in [-0.39, 0.29) is 5.91 Å². The average molecular weight is 397 g/mol. The molecule has 2 aromatic carbocycles. The molecule has 1 aromatic heterocycles. The topological polar surface area (TPSA) is 59.4 Å². The molecule has 3 aromatic rings. The molecule has 28 heavy (non-hydrogen) atoms. The van der Waals surface area contributed by atoms with Gasteiger partial charge in [-0.05, 0) is 44.2 Å². The maximum Gasteiger partial charge on any atom is 0.258 e. The average Bonchev–Trinajstić information content (AvgIpc) is 2.99. The van der Waals surface area contributed by atoms with Crippen molar-refractivity contribution in [2.75, 3.05) is 30.4 Å². The minimum Gasteiger partial charge on any atom is -0.490 e. The van der Waals surface area contributed by atoms with Gasteiger partial charge in [0.25, 0.3) is 5.91 Å². The van der Waals surface area contributed by atoms with E-state index in [2.05, 4.69) is 10.4 Å². The van der Waals surface area contributed by atoms with Crippen molar-refractivity contribution >= 4 is 28.9 Å². The number of benzene rings is 2. The second-order valence-corrected chi connectivity index (χ2v) is 7.14. The second-order valence-electron chi connectivity index (χ2n) is 6.77. The number of nitrogens with one attached hydrogen (secondary N) is 1. The molecule has 1 aliphatic heterocycles. The third kappa shape index (κ3) is 3.20. The molecule has 0 aliphatic carbocycles. The van der Waals surface area contributed by atoms with Crippen LogP contribution < -0.4 is 15.0 Å². The maximum absolute atomic E-state index is 13.1. The molecule has 6 nitrogen and oxygen atoms in total. The van der Waals surface area contributed by atoms with E-state index in [9.17, 15) is 4.79 Å². The van der Waals surface area contributed by atoms with Crippen molar-refractivity contribution in [3.63, 3.8) is 0 Å². The van der Waals surface area contributed by atoms with Gasteiger partial charge in [0.2, 0.25) is 0 Å². The van der Waals surface area contributed by atoms with Gasteiger partial charge in [-0.15, -0.1) is 0 Å². The number of halogens is 1. The van der Waals surface area contributed by atoms with Crippen molar-refractivity contribution in [3.8, 4) is 11.4 Å². The lowest BCUT2D eigenvalue weighted by Crippen LogP contribution is -2.27. The number of rotatable bonds is 3. The summed E-state index contributed by atoms with van der Waals surface area (Å²) in [5.41, 5.74) is 4.68. The van der Waals surface area contributed by atoms with Crippen molar-refractivity contribution in [1.29, 1.82) is 0 Å². The van der Waals surface area contributed by atoms with E-state index in [1.165, 1.54) is 0 Å². The minimum absolute atomic E-state index is 0.113. The summed E-state index contributed by atoms with van der Waals surface area (Å²) in [4.78, 5) is 14.7.